The molecule has 0 unspecified atom stereocenters. The molecule has 1 amide bonds. The summed E-state index contributed by atoms with van der Waals surface area (Å²) in [4.78, 5) is 34.7. The van der Waals surface area contributed by atoms with Gasteiger partial charge in [-0.05, 0) is 61.0 Å². The molecule has 226 valence electrons. The minimum atomic E-state index is -4.39. The van der Waals surface area contributed by atoms with Crippen molar-refractivity contribution in [2.75, 3.05) is 7.11 Å². The molecule has 0 atom stereocenters. The molecule has 12 nitrogen and oxygen atoms in total. The number of nitrogens with two attached hydrogens (primary N) is 1. The molecule has 0 spiro atoms. The van der Waals surface area contributed by atoms with E-state index in [2.05, 4.69) is 10.1 Å². The van der Waals surface area contributed by atoms with Gasteiger partial charge in [-0.3, -0.25) is 9.36 Å². The number of hydrogen-bond acceptors (Lipinski definition) is 8. The molecule has 2 aromatic heterocycles. The zero-order valence-corrected chi connectivity index (χ0v) is 24.7. The highest BCUT2D eigenvalue weighted by atomic mass is 31.2. The van der Waals surface area contributed by atoms with E-state index in [4.69, 9.17) is 24.4 Å². The summed E-state index contributed by atoms with van der Waals surface area (Å²) < 4.78 is 36.3. The molecule has 13 heteroatoms. The fourth-order valence-corrected chi connectivity index (χ4v) is 4.55. The number of rotatable bonds is 12. The van der Waals surface area contributed by atoms with Crippen molar-refractivity contribution >= 4 is 19.6 Å². The zero-order valence-electron chi connectivity index (χ0n) is 23.8. The lowest BCUT2D eigenvalue weighted by molar-refractivity contribution is 0.1000. The van der Waals surface area contributed by atoms with Crippen LogP contribution in [0.5, 0.6) is 17.4 Å². The fourth-order valence-electron chi connectivity index (χ4n) is 4.20. The maximum absolute atomic E-state index is 11.5. The Morgan fingerprint density at radius 1 is 1.02 bits per heavy atom. The van der Waals surface area contributed by atoms with Gasteiger partial charge in [0.2, 0.25) is 17.7 Å². The quantitative estimate of drug-likeness (QED) is 0.157. The van der Waals surface area contributed by atoms with Crippen molar-refractivity contribution in [2.24, 2.45) is 5.73 Å². The molecule has 2 heterocycles. The van der Waals surface area contributed by atoms with Gasteiger partial charge >= 0.3 is 7.60 Å². The number of oxazole rings is 1. The lowest BCUT2D eigenvalue weighted by Gasteiger charge is -2.12. The van der Waals surface area contributed by atoms with Crippen LogP contribution in [0.1, 0.15) is 32.9 Å². The molecule has 0 aliphatic heterocycles. The highest BCUT2D eigenvalue weighted by molar-refractivity contribution is 7.55. The van der Waals surface area contributed by atoms with Crippen LogP contribution in [0.25, 0.3) is 23.2 Å². The Balaban J connectivity index is 1.29. The van der Waals surface area contributed by atoms with Crippen LogP contribution >= 0.6 is 7.60 Å². The highest BCUT2D eigenvalue weighted by Crippen LogP contribution is 2.38. The van der Waals surface area contributed by atoms with E-state index in [-0.39, 0.29) is 19.1 Å². The van der Waals surface area contributed by atoms with Crippen molar-refractivity contribution in [3.63, 3.8) is 0 Å². The molecule has 0 saturated carbocycles. The third-order valence-electron chi connectivity index (χ3n) is 6.43. The molecular weight excluding hydrogens is 587 g/mol. The summed E-state index contributed by atoms with van der Waals surface area (Å²) in [5.74, 6) is 2.28. The van der Waals surface area contributed by atoms with Crippen molar-refractivity contribution in [3.8, 4) is 34.5 Å². The van der Waals surface area contributed by atoms with E-state index >= 15 is 0 Å². The summed E-state index contributed by atoms with van der Waals surface area (Å²) in [6.45, 7) is 1.96. The molecule has 4 N–H and O–H groups in total. The van der Waals surface area contributed by atoms with Crippen molar-refractivity contribution in [2.45, 2.75) is 20.1 Å². The van der Waals surface area contributed by atoms with E-state index < -0.39 is 13.5 Å². The topological polar surface area (TPSA) is 172 Å². The van der Waals surface area contributed by atoms with Gasteiger partial charge in [-0.25, -0.2) is 9.67 Å². The highest BCUT2D eigenvalue weighted by Gasteiger charge is 2.16. The molecule has 44 heavy (non-hydrogen) atoms. The smallest absolute Gasteiger partial charge is 0.349 e. The predicted octanol–water partition coefficient (Wildman–Crippen LogP) is 5.25. The van der Waals surface area contributed by atoms with Gasteiger partial charge in [0.25, 0.3) is 0 Å². The predicted molar refractivity (Wildman–Crippen MR) is 161 cm³/mol. The van der Waals surface area contributed by atoms with Crippen LogP contribution in [0.3, 0.4) is 0 Å². The van der Waals surface area contributed by atoms with Gasteiger partial charge in [0.1, 0.15) is 24.7 Å². The van der Waals surface area contributed by atoms with E-state index in [0.29, 0.717) is 45.5 Å². The van der Waals surface area contributed by atoms with Gasteiger partial charge in [0.15, 0.2) is 11.5 Å². The average molecular weight is 617 g/mol. The van der Waals surface area contributed by atoms with Gasteiger partial charge in [0.05, 0.1) is 18.4 Å². The maximum atomic E-state index is 11.5. The number of aryl methyl sites for hydroxylation is 1. The van der Waals surface area contributed by atoms with Gasteiger partial charge in [-0.2, -0.15) is 0 Å². The number of methoxy groups -OCH3 is 1. The number of para-hydroxylation sites is 1. The third kappa shape index (κ3) is 7.42. The second-order valence-electron chi connectivity index (χ2n) is 9.60. The van der Waals surface area contributed by atoms with Crippen molar-refractivity contribution in [3.05, 3.63) is 113 Å². The number of amides is 1. The van der Waals surface area contributed by atoms with Crippen molar-refractivity contribution < 1.29 is 37.8 Å². The molecule has 0 bridgehead atoms. The van der Waals surface area contributed by atoms with Gasteiger partial charge in [0, 0.05) is 23.1 Å². The van der Waals surface area contributed by atoms with Crippen LogP contribution in [0, 0.1) is 6.92 Å². The average Bonchev–Trinajstić information content (AvgIpc) is 3.61. The van der Waals surface area contributed by atoms with E-state index in [9.17, 15) is 19.1 Å². The number of ether oxygens (including phenoxy) is 3. The largest absolute Gasteiger partial charge is 0.493 e. The zero-order chi connectivity index (χ0) is 31.3. The minimum Gasteiger partial charge on any atom is -0.493 e. The number of aromatic nitrogens is 3. The standard InChI is InChI=1S/C31H29N4O8P/c1-20-26(33-30(43-20)23-8-6-7-22(16-23)29(32)36)19-41-27-12-11-21(15-28(27)40-2)18-42-31-24(13-14-44(37,38)39)17-35(34-31)25-9-4-3-5-10-25/h3-17H,18-19H2,1-2H3,(H2,32,36)(H2,37,38,39). The number of primary amides is 1. The molecule has 3 aromatic carbocycles. The molecular formula is C31H29N4O8P. The van der Waals surface area contributed by atoms with Gasteiger partial charge < -0.3 is 34.1 Å². The third-order valence-corrected chi connectivity index (χ3v) is 6.97. The van der Waals surface area contributed by atoms with E-state index in [1.807, 2.05) is 30.3 Å². The van der Waals surface area contributed by atoms with Gasteiger partial charge in [-0.1, -0.05) is 30.3 Å². The molecule has 0 saturated heterocycles. The molecule has 5 aromatic rings. The molecule has 0 radical (unpaired) electrons. The SMILES string of the molecule is COc1cc(COc2nn(-c3ccccc3)cc2C=CP(=O)(O)O)ccc1OCc1nc(-c2cccc(C(N)=O)c2)oc1C. The lowest BCUT2D eigenvalue weighted by Crippen LogP contribution is -2.10. The Bertz CT molecular complexity index is 1860. The van der Waals surface area contributed by atoms with Crippen LogP contribution in [0.4, 0.5) is 0 Å². The summed E-state index contributed by atoms with van der Waals surface area (Å²) in [5.41, 5.74) is 8.82. The molecule has 0 aliphatic rings. The number of benzene rings is 3. The monoisotopic (exact) mass is 616 g/mol. The summed E-state index contributed by atoms with van der Waals surface area (Å²) in [7, 11) is -2.87. The lowest BCUT2D eigenvalue weighted by atomic mass is 10.1. The van der Waals surface area contributed by atoms with E-state index in [0.717, 1.165) is 17.1 Å². The number of hydrogen-bond donors (Lipinski definition) is 3. The van der Waals surface area contributed by atoms with E-state index in [1.54, 1.807) is 60.3 Å². The second kappa shape index (κ2) is 13.0. The Kier molecular flexibility index (Phi) is 8.96. The Hall–Kier alpha value is -5.16. The molecule has 0 aliphatic carbocycles. The number of carbonyl (C=O) groups excluding carboxylic acids is 1. The Labute approximate surface area is 252 Å². The molecule has 0 fully saturated rings. The van der Waals surface area contributed by atoms with Crippen LogP contribution < -0.4 is 19.9 Å². The second-order valence-corrected chi connectivity index (χ2v) is 11.1. The molecule has 5 rings (SSSR count). The fraction of sp³-hybridized carbons (Fsp3) is 0.129. The summed E-state index contributed by atoms with van der Waals surface area (Å²) in [6.07, 6.45) is 2.91. The summed E-state index contributed by atoms with van der Waals surface area (Å²) >= 11 is 0. The van der Waals surface area contributed by atoms with E-state index in [1.165, 1.54) is 13.2 Å². The Morgan fingerprint density at radius 3 is 2.55 bits per heavy atom. The van der Waals surface area contributed by atoms with Crippen LogP contribution in [-0.4, -0.2) is 37.6 Å². The van der Waals surface area contributed by atoms with Crippen molar-refractivity contribution in [1.29, 1.82) is 0 Å². The maximum Gasteiger partial charge on any atom is 0.349 e. The Morgan fingerprint density at radius 2 is 1.82 bits per heavy atom. The summed E-state index contributed by atoms with van der Waals surface area (Å²) in [6, 6.07) is 21.3. The minimum absolute atomic E-state index is 0.0926. The van der Waals surface area contributed by atoms with Gasteiger partial charge in [-0.15, -0.1) is 5.10 Å². The number of carbonyl (C=O) groups is 1. The van der Waals surface area contributed by atoms with Crippen molar-refractivity contribution in [1.82, 2.24) is 14.8 Å². The van der Waals surface area contributed by atoms with Crippen LogP contribution in [0.15, 0.2) is 89.2 Å². The number of nitrogens with zero attached hydrogens (tertiary/aromatic N) is 3. The van der Waals surface area contributed by atoms with Crippen LogP contribution in [-0.2, 0) is 17.8 Å². The first-order valence-corrected chi connectivity index (χ1v) is 15.0. The summed E-state index contributed by atoms with van der Waals surface area (Å²) in [5, 5.41) is 4.46. The first kappa shape index (κ1) is 30.3. The van der Waals surface area contributed by atoms with Crippen LogP contribution in [0.2, 0.25) is 0 Å². The first-order valence-electron chi connectivity index (χ1n) is 13.3. The normalized spacial score (nSPS) is 11.5. The first-order chi connectivity index (χ1) is 21.1.